The van der Waals surface area contributed by atoms with E-state index in [1.54, 1.807) is 0 Å². The Hall–Kier alpha value is -0.120. The van der Waals surface area contributed by atoms with Crippen molar-refractivity contribution in [3.8, 4) is 0 Å². The maximum Gasteiger partial charge on any atom is 0.0472 e. The van der Waals surface area contributed by atoms with Gasteiger partial charge in [-0.05, 0) is 44.7 Å². The van der Waals surface area contributed by atoms with Crippen LogP contribution in [0.4, 0.5) is 0 Å². The summed E-state index contributed by atoms with van der Waals surface area (Å²) in [6.07, 6.45) is 4.69. The molecule has 0 saturated carbocycles. The fourth-order valence-electron chi connectivity index (χ4n) is 2.80. The second-order valence-electron chi connectivity index (χ2n) is 5.20. The summed E-state index contributed by atoms with van der Waals surface area (Å²) in [4.78, 5) is 2.50. The Kier molecular flexibility index (Phi) is 5.73. The van der Waals surface area contributed by atoms with Gasteiger partial charge in [-0.15, -0.1) is 0 Å². The largest absolute Gasteiger partial charge is 0.381 e. The molecule has 3 heteroatoms. The average Bonchev–Trinajstić information content (AvgIpc) is 2.32. The molecular weight excluding hydrogens is 200 g/mol. The second-order valence-corrected chi connectivity index (χ2v) is 5.20. The van der Waals surface area contributed by atoms with Crippen LogP contribution in [0.1, 0.15) is 39.5 Å². The standard InChI is InChI=1S/C13H28N2O/c1-4-12(5-2)15(3)11-13(10-14)6-8-16-9-7-13/h12H,4-11,14H2,1-3H3. The van der Waals surface area contributed by atoms with Crippen molar-refractivity contribution in [3.63, 3.8) is 0 Å². The van der Waals surface area contributed by atoms with Gasteiger partial charge in [-0.1, -0.05) is 13.8 Å². The van der Waals surface area contributed by atoms with Gasteiger partial charge in [0.05, 0.1) is 0 Å². The van der Waals surface area contributed by atoms with Crippen molar-refractivity contribution < 1.29 is 4.74 Å². The van der Waals surface area contributed by atoms with Crippen LogP contribution in [0.25, 0.3) is 0 Å². The van der Waals surface area contributed by atoms with Gasteiger partial charge in [0, 0.05) is 25.8 Å². The summed E-state index contributed by atoms with van der Waals surface area (Å²) in [5, 5.41) is 0. The van der Waals surface area contributed by atoms with E-state index < -0.39 is 0 Å². The van der Waals surface area contributed by atoms with E-state index in [9.17, 15) is 0 Å². The fourth-order valence-corrected chi connectivity index (χ4v) is 2.80. The molecule has 0 atom stereocenters. The van der Waals surface area contributed by atoms with Gasteiger partial charge in [0.2, 0.25) is 0 Å². The summed E-state index contributed by atoms with van der Waals surface area (Å²) < 4.78 is 5.45. The zero-order valence-electron chi connectivity index (χ0n) is 11.2. The third-order valence-corrected chi connectivity index (χ3v) is 4.14. The average molecular weight is 228 g/mol. The van der Waals surface area contributed by atoms with Gasteiger partial charge in [0.15, 0.2) is 0 Å². The first-order valence-electron chi connectivity index (χ1n) is 6.65. The zero-order chi connectivity index (χ0) is 12.0. The number of hydrogen-bond donors (Lipinski definition) is 1. The van der Waals surface area contributed by atoms with Gasteiger partial charge in [-0.25, -0.2) is 0 Å². The molecule has 0 aromatic heterocycles. The van der Waals surface area contributed by atoms with Crippen molar-refractivity contribution in [3.05, 3.63) is 0 Å². The molecule has 0 aromatic carbocycles. The molecule has 2 N–H and O–H groups in total. The highest BCUT2D eigenvalue weighted by Gasteiger charge is 2.33. The third-order valence-electron chi connectivity index (χ3n) is 4.14. The highest BCUT2D eigenvalue weighted by Crippen LogP contribution is 2.30. The first-order chi connectivity index (χ1) is 7.67. The van der Waals surface area contributed by atoms with Gasteiger partial charge in [0.25, 0.3) is 0 Å². The lowest BCUT2D eigenvalue weighted by Crippen LogP contribution is -2.47. The molecule has 16 heavy (non-hydrogen) atoms. The van der Waals surface area contributed by atoms with Gasteiger partial charge >= 0.3 is 0 Å². The molecule has 1 aliphatic rings. The van der Waals surface area contributed by atoms with Crippen LogP contribution in [0.3, 0.4) is 0 Å². The SMILES string of the molecule is CCC(CC)N(C)CC1(CN)CCOCC1. The van der Waals surface area contributed by atoms with Gasteiger partial charge < -0.3 is 15.4 Å². The van der Waals surface area contributed by atoms with Crippen molar-refractivity contribution in [2.45, 2.75) is 45.6 Å². The Bertz CT molecular complexity index is 186. The van der Waals surface area contributed by atoms with Crippen LogP contribution in [0.2, 0.25) is 0 Å². The molecule has 0 spiro atoms. The molecular formula is C13H28N2O. The van der Waals surface area contributed by atoms with E-state index >= 15 is 0 Å². The van der Waals surface area contributed by atoms with E-state index in [0.29, 0.717) is 11.5 Å². The molecule has 0 amide bonds. The lowest BCUT2D eigenvalue weighted by molar-refractivity contribution is -0.00300. The van der Waals surface area contributed by atoms with Crippen molar-refractivity contribution in [1.29, 1.82) is 0 Å². The lowest BCUT2D eigenvalue weighted by atomic mass is 9.79. The van der Waals surface area contributed by atoms with Crippen molar-refractivity contribution in [1.82, 2.24) is 4.90 Å². The minimum absolute atomic E-state index is 0.301. The Balaban J connectivity index is 2.54. The van der Waals surface area contributed by atoms with Crippen LogP contribution < -0.4 is 5.73 Å². The zero-order valence-corrected chi connectivity index (χ0v) is 11.2. The second kappa shape index (κ2) is 6.58. The molecule has 0 aliphatic carbocycles. The van der Waals surface area contributed by atoms with Crippen LogP contribution in [-0.4, -0.2) is 44.3 Å². The molecule has 0 bridgehead atoms. The van der Waals surface area contributed by atoms with Gasteiger partial charge in [-0.2, -0.15) is 0 Å². The molecule has 1 aliphatic heterocycles. The maximum atomic E-state index is 5.99. The van der Waals surface area contributed by atoms with Crippen molar-refractivity contribution >= 4 is 0 Å². The Morgan fingerprint density at radius 3 is 2.25 bits per heavy atom. The predicted molar refractivity (Wildman–Crippen MR) is 68.5 cm³/mol. The number of ether oxygens (including phenoxy) is 1. The van der Waals surface area contributed by atoms with Crippen LogP contribution in [0.5, 0.6) is 0 Å². The first kappa shape index (κ1) is 13.9. The van der Waals surface area contributed by atoms with Crippen molar-refractivity contribution in [2.75, 3.05) is 33.4 Å². The monoisotopic (exact) mass is 228 g/mol. The van der Waals surface area contributed by atoms with E-state index in [1.165, 1.54) is 12.8 Å². The predicted octanol–water partition coefficient (Wildman–Crippen LogP) is 1.86. The molecule has 3 nitrogen and oxygen atoms in total. The summed E-state index contributed by atoms with van der Waals surface area (Å²) in [5.41, 5.74) is 6.29. The summed E-state index contributed by atoms with van der Waals surface area (Å²) in [5.74, 6) is 0. The highest BCUT2D eigenvalue weighted by molar-refractivity contribution is 4.86. The number of rotatable bonds is 6. The van der Waals surface area contributed by atoms with E-state index in [2.05, 4.69) is 25.8 Å². The van der Waals surface area contributed by atoms with E-state index in [0.717, 1.165) is 39.1 Å². The van der Waals surface area contributed by atoms with E-state index in [-0.39, 0.29) is 0 Å². The maximum absolute atomic E-state index is 5.99. The quantitative estimate of drug-likeness (QED) is 0.754. The summed E-state index contributed by atoms with van der Waals surface area (Å²) in [6, 6.07) is 0.700. The van der Waals surface area contributed by atoms with Crippen LogP contribution in [-0.2, 0) is 4.74 Å². The van der Waals surface area contributed by atoms with Gasteiger partial charge in [0.1, 0.15) is 0 Å². The van der Waals surface area contributed by atoms with Crippen LogP contribution in [0, 0.1) is 5.41 Å². The normalized spacial score (nSPS) is 20.6. The first-order valence-corrected chi connectivity index (χ1v) is 6.65. The number of nitrogens with two attached hydrogens (primary N) is 1. The highest BCUT2D eigenvalue weighted by atomic mass is 16.5. The summed E-state index contributed by atoms with van der Waals surface area (Å²) in [6.45, 7) is 8.22. The van der Waals surface area contributed by atoms with E-state index in [4.69, 9.17) is 10.5 Å². The number of nitrogens with zero attached hydrogens (tertiary/aromatic N) is 1. The third kappa shape index (κ3) is 3.44. The molecule has 0 radical (unpaired) electrons. The molecule has 0 aromatic rings. The Labute approximate surface area is 100 Å². The Morgan fingerprint density at radius 1 is 1.25 bits per heavy atom. The van der Waals surface area contributed by atoms with Crippen LogP contribution >= 0.6 is 0 Å². The smallest absolute Gasteiger partial charge is 0.0472 e. The Morgan fingerprint density at radius 2 is 1.81 bits per heavy atom. The minimum atomic E-state index is 0.301. The minimum Gasteiger partial charge on any atom is -0.381 e. The molecule has 96 valence electrons. The fraction of sp³-hybridized carbons (Fsp3) is 1.00. The van der Waals surface area contributed by atoms with Crippen molar-refractivity contribution in [2.24, 2.45) is 11.1 Å². The molecule has 1 heterocycles. The van der Waals surface area contributed by atoms with Gasteiger partial charge in [-0.3, -0.25) is 0 Å². The molecule has 1 fully saturated rings. The molecule has 1 rings (SSSR count). The molecule has 0 unspecified atom stereocenters. The summed E-state index contributed by atoms with van der Waals surface area (Å²) >= 11 is 0. The number of hydrogen-bond acceptors (Lipinski definition) is 3. The van der Waals surface area contributed by atoms with E-state index in [1.807, 2.05) is 0 Å². The molecule has 1 saturated heterocycles. The topological polar surface area (TPSA) is 38.5 Å². The summed E-state index contributed by atoms with van der Waals surface area (Å²) in [7, 11) is 2.24. The van der Waals surface area contributed by atoms with Crippen LogP contribution in [0.15, 0.2) is 0 Å². The lowest BCUT2D eigenvalue weighted by Gasteiger charge is -2.41.